The van der Waals surface area contributed by atoms with Gasteiger partial charge in [-0.15, -0.1) is 0 Å². The highest BCUT2D eigenvalue weighted by atomic mass is 32.2. The van der Waals surface area contributed by atoms with Gasteiger partial charge in [-0.1, -0.05) is 13.3 Å². The van der Waals surface area contributed by atoms with Crippen LogP contribution in [0, 0.1) is 11.2 Å². The molecular formula is C13H19FN2O2S. The third-order valence-electron chi connectivity index (χ3n) is 4.09. The molecule has 106 valence electrons. The van der Waals surface area contributed by atoms with Crippen molar-refractivity contribution >= 4 is 15.7 Å². The maximum absolute atomic E-state index is 13.8. The third kappa shape index (κ3) is 3.06. The highest BCUT2D eigenvalue weighted by Crippen LogP contribution is 2.43. The topological polar surface area (TPSA) is 72.2 Å². The fraction of sp³-hybridized carbons (Fsp3) is 0.538. The molecule has 6 heteroatoms. The Balaban J connectivity index is 2.10. The fourth-order valence-corrected chi connectivity index (χ4v) is 2.96. The summed E-state index contributed by atoms with van der Waals surface area (Å²) in [4.78, 5) is -0.204. The molecular weight excluding hydrogens is 267 g/mol. The first kappa shape index (κ1) is 14.3. The molecule has 19 heavy (non-hydrogen) atoms. The maximum Gasteiger partial charge on any atom is 0.238 e. The number of sulfonamides is 1. The first-order valence-electron chi connectivity index (χ1n) is 6.43. The van der Waals surface area contributed by atoms with Crippen LogP contribution in [0.4, 0.5) is 10.1 Å². The van der Waals surface area contributed by atoms with Crippen molar-refractivity contribution in [3.8, 4) is 0 Å². The minimum Gasteiger partial charge on any atom is -0.382 e. The van der Waals surface area contributed by atoms with E-state index >= 15 is 0 Å². The SMILES string of the molecule is CCC1(CNc2ccc(S(N)(=O)=O)cc2F)CCC1. The Labute approximate surface area is 113 Å². The molecule has 0 amide bonds. The molecule has 3 N–H and O–H groups in total. The lowest BCUT2D eigenvalue weighted by Crippen LogP contribution is -2.36. The molecule has 1 aromatic rings. The molecule has 0 saturated heterocycles. The summed E-state index contributed by atoms with van der Waals surface area (Å²) in [5, 5.41) is 8.03. The highest BCUT2D eigenvalue weighted by molar-refractivity contribution is 7.89. The standard InChI is InChI=1S/C13H19FN2O2S/c1-2-13(6-3-7-13)9-16-12-5-4-10(8-11(12)14)19(15,17)18/h4-5,8,16H,2-3,6-7,9H2,1H3,(H2,15,17,18). The van der Waals surface area contributed by atoms with Crippen LogP contribution in [0.5, 0.6) is 0 Å². The molecule has 0 radical (unpaired) electrons. The van der Waals surface area contributed by atoms with Crippen molar-refractivity contribution < 1.29 is 12.8 Å². The monoisotopic (exact) mass is 286 g/mol. The molecule has 0 heterocycles. The summed E-state index contributed by atoms with van der Waals surface area (Å²) in [7, 11) is -3.85. The highest BCUT2D eigenvalue weighted by Gasteiger charge is 2.34. The second-order valence-electron chi connectivity index (χ2n) is 5.25. The average Bonchev–Trinajstić information content (AvgIpc) is 2.28. The van der Waals surface area contributed by atoms with Crippen molar-refractivity contribution in [2.24, 2.45) is 10.6 Å². The molecule has 0 aromatic heterocycles. The van der Waals surface area contributed by atoms with E-state index in [0.717, 1.165) is 31.9 Å². The van der Waals surface area contributed by atoms with Gasteiger partial charge < -0.3 is 5.32 Å². The predicted octanol–water partition coefficient (Wildman–Crippen LogP) is 2.47. The molecule has 0 unspecified atom stereocenters. The van der Waals surface area contributed by atoms with Gasteiger partial charge in [0.05, 0.1) is 10.6 Å². The lowest BCUT2D eigenvalue weighted by Gasteiger charge is -2.41. The number of primary sulfonamides is 1. The van der Waals surface area contributed by atoms with Crippen LogP contribution in [0.2, 0.25) is 0 Å². The molecule has 1 saturated carbocycles. The zero-order valence-corrected chi connectivity index (χ0v) is 11.8. The van der Waals surface area contributed by atoms with Gasteiger partial charge in [-0.05, 0) is 42.9 Å². The van der Waals surface area contributed by atoms with Crippen LogP contribution in [-0.4, -0.2) is 15.0 Å². The predicted molar refractivity (Wildman–Crippen MR) is 72.8 cm³/mol. The summed E-state index contributed by atoms with van der Waals surface area (Å²) >= 11 is 0. The van der Waals surface area contributed by atoms with Crippen LogP contribution >= 0.6 is 0 Å². The van der Waals surface area contributed by atoms with Crippen molar-refractivity contribution in [1.29, 1.82) is 0 Å². The quantitative estimate of drug-likeness (QED) is 0.873. The Morgan fingerprint density at radius 3 is 2.53 bits per heavy atom. The summed E-state index contributed by atoms with van der Waals surface area (Å²) in [6, 6.07) is 3.70. The van der Waals surface area contributed by atoms with E-state index in [4.69, 9.17) is 5.14 Å². The summed E-state index contributed by atoms with van der Waals surface area (Å²) in [6.07, 6.45) is 4.61. The van der Waals surface area contributed by atoms with E-state index in [-0.39, 0.29) is 10.3 Å². The number of nitrogens with two attached hydrogens (primary N) is 1. The average molecular weight is 286 g/mol. The molecule has 1 aliphatic carbocycles. The van der Waals surface area contributed by atoms with Crippen LogP contribution in [0.1, 0.15) is 32.6 Å². The van der Waals surface area contributed by atoms with Gasteiger partial charge in [0.25, 0.3) is 0 Å². The Kier molecular flexibility index (Phi) is 3.82. The maximum atomic E-state index is 13.8. The largest absolute Gasteiger partial charge is 0.382 e. The van der Waals surface area contributed by atoms with Crippen LogP contribution < -0.4 is 10.5 Å². The minimum absolute atomic E-state index is 0.204. The van der Waals surface area contributed by atoms with Crippen molar-refractivity contribution in [2.75, 3.05) is 11.9 Å². The van der Waals surface area contributed by atoms with Gasteiger partial charge >= 0.3 is 0 Å². The van der Waals surface area contributed by atoms with Crippen LogP contribution in [-0.2, 0) is 10.0 Å². The molecule has 1 aromatic carbocycles. The van der Waals surface area contributed by atoms with Crippen molar-refractivity contribution in [1.82, 2.24) is 0 Å². The zero-order valence-electron chi connectivity index (χ0n) is 10.9. The van der Waals surface area contributed by atoms with Gasteiger partial charge in [0.2, 0.25) is 10.0 Å². The van der Waals surface area contributed by atoms with Crippen molar-refractivity contribution in [2.45, 2.75) is 37.5 Å². The molecule has 4 nitrogen and oxygen atoms in total. The molecule has 1 aliphatic rings. The number of hydrogen-bond acceptors (Lipinski definition) is 3. The first-order valence-corrected chi connectivity index (χ1v) is 7.97. The molecule has 1 fully saturated rings. The van der Waals surface area contributed by atoms with Gasteiger partial charge in [0.1, 0.15) is 5.82 Å². The van der Waals surface area contributed by atoms with Crippen LogP contribution in [0.25, 0.3) is 0 Å². The van der Waals surface area contributed by atoms with Crippen molar-refractivity contribution in [3.63, 3.8) is 0 Å². The molecule has 0 spiro atoms. The third-order valence-corrected chi connectivity index (χ3v) is 5.00. The summed E-state index contributed by atoms with van der Waals surface area (Å²) in [5.41, 5.74) is 0.595. The van der Waals surface area contributed by atoms with E-state index in [1.165, 1.54) is 18.6 Å². The minimum atomic E-state index is -3.85. The van der Waals surface area contributed by atoms with Gasteiger partial charge in [-0.3, -0.25) is 0 Å². The summed E-state index contributed by atoms with van der Waals surface area (Å²) < 4.78 is 36.0. The smallest absolute Gasteiger partial charge is 0.238 e. The van der Waals surface area contributed by atoms with Crippen LogP contribution in [0.15, 0.2) is 23.1 Å². The van der Waals surface area contributed by atoms with Crippen LogP contribution in [0.3, 0.4) is 0 Å². The van der Waals surface area contributed by atoms with Gasteiger partial charge in [-0.25, -0.2) is 17.9 Å². The van der Waals surface area contributed by atoms with Gasteiger partial charge in [-0.2, -0.15) is 0 Å². The molecule has 0 bridgehead atoms. The number of halogens is 1. The Morgan fingerprint density at radius 2 is 2.11 bits per heavy atom. The number of nitrogens with one attached hydrogen (secondary N) is 1. The Hall–Kier alpha value is -1.14. The number of hydrogen-bond donors (Lipinski definition) is 2. The van der Waals surface area contributed by atoms with E-state index in [0.29, 0.717) is 5.69 Å². The number of anilines is 1. The second-order valence-corrected chi connectivity index (χ2v) is 6.81. The van der Waals surface area contributed by atoms with E-state index < -0.39 is 15.8 Å². The zero-order chi connectivity index (χ0) is 14.1. The van der Waals surface area contributed by atoms with Gasteiger partial charge in [0, 0.05) is 6.54 Å². The van der Waals surface area contributed by atoms with E-state index in [1.807, 2.05) is 0 Å². The fourth-order valence-electron chi connectivity index (χ4n) is 2.43. The lowest BCUT2D eigenvalue weighted by molar-refractivity contribution is 0.145. The normalized spacial score (nSPS) is 17.8. The molecule has 0 aliphatic heterocycles. The Morgan fingerprint density at radius 1 is 1.42 bits per heavy atom. The summed E-state index contributed by atoms with van der Waals surface area (Å²) in [6.45, 7) is 2.86. The first-order chi connectivity index (χ1) is 8.86. The number of rotatable bonds is 5. The van der Waals surface area contributed by atoms with E-state index in [2.05, 4.69) is 12.2 Å². The van der Waals surface area contributed by atoms with Crippen molar-refractivity contribution in [3.05, 3.63) is 24.0 Å². The number of benzene rings is 1. The second kappa shape index (κ2) is 5.09. The van der Waals surface area contributed by atoms with E-state index in [9.17, 15) is 12.8 Å². The molecule has 2 rings (SSSR count). The molecule has 0 atom stereocenters. The van der Waals surface area contributed by atoms with E-state index in [1.54, 1.807) is 0 Å². The van der Waals surface area contributed by atoms with Gasteiger partial charge in [0.15, 0.2) is 0 Å². The Bertz CT molecular complexity index is 562. The lowest BCUT2D eigenvalue weighted by atomic mass is 9.67. The summed E-state index contributed by atoms with van der Waals surface area (Å²) in [5.74, 6) is -0.586.